The Morgan fingerprint density at radius 2 is 2.09 bits per heavy atom. The molecule has 2 heterocycles. The van der Waals surface area contributed by atoms with Gasteiger partial charge in [-0.1, -0.05) is 24.3 Å². The Kier molecular flexibility index (Phi) is 4.11. The summed E-state index contributed by atoms with van der Waals surface area (Å²) in [5.74, 6) is -0.907. The number of nitrogens with one attached hydrogen (secondary N) is 2. The summed E-state index contributed by atoms with van der Waals surface area (Å²) >= 11 is 0. The molecule has 1 aromatic heterocycles. The smallest absolute Gasteiger partial charge is 0.252 e. The Morgan fingerprint density at radius 1 is 1.27 bits per heavy atom. The second kappa shape index (κ2) is 6.36. The van der Waals surface area contributed by atoms with Gasteiger partial charge in [0.25, 0.3) is 11.8 Å². The summed E-state index contributed by atoms with van der Waals surface area (Å²) < 4.78 is 0. The lowest BCUT2D eigenvalue weighted by molar-refractivity contribution is -0.136. The molecule has 0 spiro atoms. The molecule has 0 aliphatic carbocycles. The van der Waals surface area contributed by atoms with Gasteiger partial charge < -0.3 is 5.32 Å². The number of rotatable bonds is 4. The fraction of sp³-hybridized carbons (Fsp3) is 0.188. The number of carbonyl (C=O) groups excluding carboxylic acids is 2. The van der Waals surface area contributed by atoms with E-state index in [1.165, 1.54) is 0 Å². The Morgan fingerprint density at radius 3 is 2.91 bits per heavy atom. The van der Waals surface area contributed by atoms with Crippen molar-refractivity contribution in [1.29, 1.82) is 0 Å². The molecule has 2 N–H and O–H groups in total. The normalized spacial score (nSPS) is 16.5. The summed E-state index contributed by atoms with van der Waals surface area (Å²) in [6, 6.07) is 12.5. The van der Waals surface area contributed by atoms with Crippen molar-refractivity contribution in [3.05, 3.63) is 65.5 Å². The molecule has 112 valence electrons. The van der Waals surface area contributed by atoms with E-state index < -0.39 is 5.92 Å². The van der Waals surface area contributed by atoms with Crippen LogP contribution in [0.4, 0.5) is 0 Å². The van der Waals surface area contributed by atoms with Gasteiger partial charge in [0.15, 0.2) is 0 Å². The number of hydrogen-bond acceptors (Lipinski definition) is 4. The average molecular weight is 297 g/mol. The van der Waals surface area contributed by atoms with E-state index in [0.717, 1.165) is 5.69 Å². The Hall–Kier alpha value is -2.73. The number of benzene rings is 1. The Labute approximate surface area is 127 Å². The van der Waals surface area contributed by atoms with Crippen molar-refractivity contribution in [3.63, 3.8) is 0 Å². The Bertz CT molecular complexity index is 688. The molecule has 1 aliphatic heterocycles. The number of amides is 2. The third kappa shape index (κ3) is 2.96. The van der Waals surface area contributed by atoms with Gasteiger partial charge in [0.05, 0.1) is 11.6 Å². The van der Waals surface area contributed by atoms with E-state index in [0.29, 0.717) is 11.1 Å². The number of pyridine rings is 1. The first-order valence-corrected chi connectivity index (χ1v) is 6.94. The minimum atomic E-state index is -0.461. The molecule has 0 radical (unpaired) electrons. The zero-order valence-electron chi connectivity index (χ0n) is 11.8. The summed E-state index contributed by atoms with van der Waals surface area (Å²) in [4.78, 5) is 33.3. The predicted molar refractivity (Wildman–Crippen MR) is 78.7 cm³/mol. The van der Waals surface area contributed by atoms with E-state index in [9.17, 15) is 9.59 Å². The molecule has 0 bridgehead atoms. The van der Waals surface area contributed by atoms with E-state index >= 15 is 0 Å². The number of nitrogens with zero attached hydrogens (tertiary/aromatic N) is 1. The van der Waals surface area contributed by atoms with E-state index in [4.69, 9.17) is 4.84 Å². The standard InChI is InChI=1S/C16H15N3O3/c20-15-13-7-2-1-6-12(13)14(9-18-15)16(21)19-22-10-11-5-3-4-8-17-11/h1-8,14H,9-10H2,(H,18,20)(H,19,21). The van der Waals surface area contributed by atoms with Gasteiger partial charge >= 0.3 is 0 Å². The molecular weight excluding hydrogens is 282 g/mol. The lowest BCUT2D eigenvalue weighted by Gasteiger charge is -2.24. The van der Waals surface area contributed by atoms with Crippen LogP contribution in [0.2, 0.25) is 0 Å². The molecule has 1 aromatic carbocycles. The van der Waals surface area contributed by atoms with E-state index in [1.54, 1.807) is 24.4 Å². The van der Waals surface area contributed by atoms with Crippen LogP contribution in [0.25, 0.3) is 0 Å². The minimum Gasteiger partial charge on any atom is -0.351 e. The molecular formula is C16H15N3O3. The monoisotopic (exact) mass is 297 g/mol. The molecule has 3 rings (SSSR count). The molecule has 6 nitrogen and oxygen atoms in total. The zero-order chi connectivity index (χ0) is 15.4. The molecule has 0 saturated heterocycles. The lowest BCUT2D eigenvalue weighted by Crippen LogP contribution is -2.42. The van der Waals surface area contributed by atoms with E-state index in [2.05, 4.69) is 15.8 Å². The molecule has 6 heteroatoms. The van der Waals surface area contributed by atoms with Gasteiger partial charge in [-0.15, -0.1) is 0 Å². The van der Waals surface area contributed by atoms with Crippen LogP contribution in [0.3, 0.4) is 0 Å². The highest BCUT2D eigenvalue weighted by atomic mass is 16.6. The third-order valence-corrected chi connectivity index (χ3v) is 3.48. The molecule has 0 saturated carbocycles. The summed E-state index contributed by atoms with van der Waals surface area (Å²) in [5.41, 5.74) is 4.39. The minimum absolute atomic E-state index is 0.158. The number of carbonyl (C=O) groups is 2. The van der Waals surface area contributed by atoms with Crippen molar-refractivity contribution in [2.45, 2.75) is 12.5 Å². The second-order valence-electron chi connectivity index (χ2n) is 4.93. The SMILES string of the molecule is O=C1NCC(C(=O)NOCc2ccccn2)c2ccccc21. The summed E-state index contributed by atoms with van der Waals surface area (Å²) in [7, 11) is 0. The summed E-state index contributed by atoms with van der Waals surface area (Å²) in [6.45, 7) is 0.446. The maximum atomic E-state index is 12.2. The fourth-order valence-electron chi connectivity index (χ4n) is 2.38. The van der Waals surface area contributed by atoms with E-state index in [-0.39, 0.29) is 25.0 Å². The fourth-order valence-corrected chi connectivity index (χ4v) is 2.38. The van der Waals surface area contributed by atoms with Gasteiger partial charge in [0, 0.05) is 18.3 Å². The molecule has 1 atom stereocenters. The van der Waals surface area contributed by atoms with Crippen LogP contribution >= 0.6 is 0 Å². The molecule has 1 unspecified atom stereocenters. The zero-order valence-corrected chi connectivity index (χ0v) is 11.8. The first-order valence-electron chi connectivity index (χ1n) is 6.94. The number of fused-ring (bicyclic) bond motifs is 1. The number of hydrogen-bond donors (Lipinski definition) is 2. The molecule has 2 amide bonds. The summed E-state index contributed by atoms with van der Waals surface area (Å²) in [6.07, 6.45) is 1.66. The van der Waals surface area contributed by atoms with Gasteiger partial charge in [0.1, 0.15) is 6.61 Å². The topological polar surface area (TPSA) is 80.3 Å². The van der Waals surface area contributed by atoms with Crippen LogP contribution < -0.4 is 10.8 Å². The van der Waals surface area contributed by atoms with Crippen LogP contribution in [0.1, 0.15) is 27.5 Å². The van der Waals surface area contributed by atoms with Gasteiger partial charge in [-0.3, -0.25) is 19.4 Å². The molecule has 1 aliphatic rings. The van der Waals surface area contributed by atoms with Gasteiger partial charge in [-0.2, -0.15) is 0 Å². The summed E-state index contributed by atoms with van der Waals surface area (Å²) in [5, 5.41) is 2.71. The van der Waals surface area contributed by atoms with Crippen molar-refractivity contribution in [1.82, 2.24) is 15.8 Å². The van der Waals surface area contributed by atoms with Crippen LogP contribution in [-0.2, 0) is 16.2 Å². The van der Waals surface area contributed by atoms with Crippen LogP contribution in [0.5, 0.6) is 0 Å². The maximum Gasteiger partial charge on any atom is 0.252 e. The largest absolute Gasteiger partial charge is 0.351 e. The Balaban J connectivity index is 1.63. The molecule has 2 aromatic rings. The highest BCUT2D eigenvalue weighted by Crippen LogP contribution is 2.23. The van der Waals surface area contributed by atoms with Crippen LogP contribution in [-0.4, -0.2) is 23.3 Å². The highest BCUT2D eigenvalue weighted by Gasteiger charge is 2.30. The number of hydroxylamine groups is 1. The van der Waals surface area contributed by atoms with Crippen LogP contribution in [0, 0.1) is 0 Å². The van der Waals surface area contributed by atoms with Gasteiger partial charge in [0.2, 0.25) is 0 Å². The molecule has 22 heavy (non-hydrogen) atoms. The third-order valence-electron chi connectivity index (χ3n) is 3.48. The highest BCUT2D eigenvalue weighted by molar-refractivity contribution is 6.00. The quantitative estimate of drug-likeness (QED) is 0.830. The van der Waals surface area contributed by atoms with E-state index in [1.807, 2.05) is 24.3 Å². The van der Waals surface area contributed by atoms with Gasteiger partial charge in [-0.05, 0) is 23.8 Å². The predicted octanol–water partition coefficient (Wildman–Crippen LogP) is 1.16. The van der Waals surface area contributed by atoms with Crippen LogP contribution in [0.15, 0.2) is 48.7 Å². The second-order valence-corrected chi connectivity index (χ2v) is 4.93. The van der Waals surface area contributed by atoms with Gasteiger partial charge in [-0.25, -0.2) is 5.48 Å². The van der Waals surface area contributed by atoms with Crippen molar-refractivity contribution < 1.29 is 14.4 Å². The lowest BCUT2D eigenvalue weighted by atomic mass is 9.90. The first-order chi connectivity index (χ1) is 10.8. The number of aromatic nitrogens is 1. The van der Waals surface area contributed by atoms with Crippen molar-refractivity contribution in [2.24, 2.45) is 0 Å². The van der Waals surface area contributed by atoms with Crippen molar-refractivity contribution in [2.75, 3.05) is 6.54 Å². The first kappa shape index (κ1) is 14.2. The average Bonchev–Trinajstić information content (AvgIpc) is 2.56. The van der Waals surface area contributed by atoms with Crippen molar-refractivity contribution >= 4 is 11.8 Å². The molecule has 0 fully saturated rings. The maximum absolute atomic E-state index is 12.2. The van der Waals surface area contributed by atoms with Crippen molar-refractivity contribution in [3.8, 4) is 0 Å².